The molecular formula is C20H21N3O3S. The lowest BCUT2D eigenvalue weighted by Gasteiger charge is -2.14. The van der Waals surface area contributed by atoms with Crippen LogP contribution in [0.1, 0.15) is 18.1 Å². The number of rotatable bonds is 6. The Labute approximate surface area is 162 Å². The van der Waals surface area contributed by atoms with E-state index in [4.69, 9.17) is 9.47 Å². The quantitative estimate of drug-likeness (QED) is 0.689. The van der Waals surface area contributed by atoms with Gasteiger partial charge in [-0.15, -0.1) is 0 Å². The van der Waals surface area contributed by atoms with Crippen LogP contribution in [0.2, 0.25) is 0 Å². The molecule has 7 heteroatoms. The summed E-state index contributed by atoms with van der Waals surface area (Å²) in [5, 5.41) is 3.19. The Morgan fingerprint density at radius 3 is 2.37 bits per heavy atom. The van der Waals surface area contributed by atoms with Gasteiger partial charge in [-0.05, 0) is 68.3 Å². The van der Waals surface area contributed by atoms with E-state index in [2.05, 4.69) is 20.7 Å². The van der Waals surface area contributed by atoms with Gasteiger partial charge in [0.1, 0.15) is 11.5 Å². The predicted octanol–water partition coefficient (Wildman–Crippen LogP) is 4.24. The average molecular weight is 383 g/mol. The van der Waals surface area contributed by atoms with Crippen LogP contribution in [0.15, 0.2) is 42.5 Å². The first-order valence-corrected chi connectivity index (χ1v) is 9.26. The monoisotopic (exact) mass is 383 g/mol. The standard InChI is InChI=1S/C20H21N3O3S/c1-12-9-13(2)11-17(10-12)26-14(3)19(24)22-20-21-18(23-27-20)15-5-7-16(25-4)8-6-15/h5-11,14H,1-4H3,(H,21,22,23,24)/t14-/m1/s1. The molecule has 1 aromatic heterocycles. The lowest BCUT2D eigenvalue weighted by Crippen LogP contribution is -2.30. The van der Waals surface area contributed by atoms with Gasteiger partial charge < -0.3 is 9.47 Å². The molecule has 3 aromatic rings. The number of amides is 1. The SMILES string of the molecule is COc1ccc(-c2nsc(NC(=O)[C@@H](C)Oc3cc(C)cc(C)c3)n2)cc1. The molecule has 0 radical (unpaired) electrons. The Hall–Kier alpha value is -2.93. The van der Waals surface area contributed by atoms with Crippen molar-refractivity contribution >= 4 is 22.6 Å². The second-order valence-electron chi connectivity index (χ2n) is 6.22. The summed E-state index contributed by atoms with van der Waals surface area (Å²) >= 11 is 1.13. The molecule has 0 fully saturated rings. The fourth-order valence-electron chi connectivity index (χ4n) is 2.60. The van der Waals surface area contributed by atoms with Gasteiger partial charge in [-0.2, -0.15) is 9.36 Å². The molecule has 140 valence electrons. The van der Waals surface area contributed by atoms with Crippen molar-refractivity contribution in [1.82, 2.24) is 9.36 Å². The van der Waals surface area contributed by atoms with Crippen LogP contribution in [0, 0.1) is 13.8 Å². The molecule has 1 atom stereocenters. The van der Waals surface area contributed by atoms with Crippen LogP contribution in [-0.2, 0) is 4.79 Å². The highest BCUT2D eigenvalue weighted by atomic mass is 32.1. The minimum absolute atomic E-state index is 0.272. The molecule has 27 heavy (non-hydrogen) atoms. The van der Waals surface area contributed by atoms with Crippen LogP contribution < -0.4 is 14.8 Å². The molecule has 1 N–H and O–H groups in total. The molecule has 0 aliphatic rings. The number of carbonyl (C=O) groups is 1. The topological polar surface area (TPSA) is 73.3 Å². The minimum Gasteiger partial charge on any atom is -0.497 e. The van der Waals surface area contributed by atoms with Crippen molar-refractivity contribution in [3.05, 3.63) is 53.6 Å². The largest absolute Gasteiger partial charge is 0.497 e. The van der Waals surface area contributed by atoms with E-state index in [1.54, 1.807) is 14.0 Å². The lowest BCUT2D eigenvalue weighted by atomic mass is 10.1. The number of ether oxygens (including phenoxy) is 2. The van der Waals surface area contributed by atoms with E-state index in [1.165, 1.54) is 0 Å². The first-order valence-electron chi connectivity index (χ1n) is 8.48. The van der Waals surface area contributed by atoms with Crippen LogP contribution in [0.5, 0.6) is 11.5 Å². The molecule has 1 heterocycles. The van der Waals surface area contributed by atoms with Gasteiger partial charge in [-0.25, -0.2) is 0 Å². The maximum atomic E-state index is 12.4. The zero-order chi connectivity index (χ0) is 19.4. The minimum atomic E-state index is -0.653. The van der Waals surface area contributed by atoms with Crippen molar-refractivity contribution in [2.45, 2.75) is 26.9 Å². The number of hydrogen-bond donors (Lipinski definition) is 1. The molecule has 3 rings (SSSR count). The van der Waals surface area contributed by atoms with E-state index in [0.717, 1.165) is 34.0 Å². The second kappa shape index (κ2) is 8.18. The van der Waals surface area contributed by atoms with E-state index in [9.17, 15) is 4.79 Å². The molecule has 0 aliphatic carbocycles. The molecule has 0 saturated carbocycles. The third-order valence-corrected chi connectivity index (χ3v) is 4.51. The molecule has 2 aromatic carbocycles. The molecular weight excluding hydrogens is 362 g/mol. The summed E-state index contributed by atoms with van der Waals surface area (Å²) in [6, 6.07) is 13.3. The van der Waals surface area contributed by atoms with Crippen molar-refractivity contribution < 1.29 is 14.3 Å². The zero-order valence-corrected chi connectivity index (χ0v) is 16.5. The van der Waals surface area contributed by atoms with Crippen molar-refractivity contribution in [2.24, 2.45) is 0 Å². The fourth-order valence-corrected chi connectivity index (χ4v) is 3.19. The maximum absolute atomic E-state index is 12.4. The summed E-state index contributed by atoms with van der Waals surface area (Å²) in [5.74, 6) is 1.72. The average Bonchev–Trinajstić information content (AvgIpc) is 3.09. The lowest BCUT2D eigenvalue weighted by molar-refractivity contribution is -0.122. The molecule has 0 unspecified atom stereocenters. The molecule has 0 bridgehead atoms. The number of nitrogens with one attached hydrogen (secondary N) is 1. The summed E-state index contributed by atoms with van der Waals surface area (Å²) in [6.07, 6.45) is -0.653. The number of aryl methyl sites for hydroxylation is 2. The van der Waals surface area contributed by atoms with Crippen molar-refractivity contribution in [3.63, 3.8) is 0 Å². The van der Waals surface area contributed by atoms with Crippen LogP contribution in [0.4, 0.5) is 5.13 Å². The van der Waals surface area contributed by atoms with E-state index in [1.807, 2.05) is 50.2 Å². The second-order valence-corrected chi connectivity index (χ2v) is 6.98. The predicted molar refractivity (Wildman–Crippen MR) is 107 cm³/mol. The number of carbonyl (C=O) groups excluding carboxylic acids is 1. The van der Waals surface area contributed by atoms with Gasteiger partial charge >= 0.3 is 0 Å². The van der Waals surface area contributed by atoms with E-state index in [0.29, 0.717) is 16.7 Å². The first-order chi connectivity index (χ1) is 12.9. The molecule has 0 aliphatic heterocycles. The van der Waals surface area contributed by atoms with Gasteiger partial charge in [0.25, 0.3) is 5.91 Å². The number of aromatic nitrogens is 2. The van der Waals surface area contributed by atoms with Crippen LogP contribution in [0.3, 0.4) is 0 Å². The summed E-state index contributed by atoms with van der Waals surface area (Å²) in [4.78, 5) is 16.8. The fraction of sp³-hybridized carbons (Fsp3) is 0.250. The number of nitrogens with zero attached hydrogens (tertiary/aromatic N) is 2. The summed E-state index contributed by atoms with van der Waals surface area (Å²) in [6.45, 7) is 5.69. The molecule has 6 nitrogen and oxygen atoms in total. The Bertz CT molecular complexity index is 918. The highest BCUT2D eigenvalue weighted by Gasteiger charge is 2.17. The van der Waals surface area contributed by atoms with Gasteiger partial charge in [0, 0.05) is 17.1 Å². The molecule has 0 saturated heterocycles. The van der Waals surface area contributed by atoms with Crippen molar-refractivity contribution in [3.8, 4) is 22.9 Å². The van der Waals surface area contributed by atoms with Gasteiger partial charge in [0.05, 0.1) is 7.11 Å². The van der Waals surface area contributed by atoms with Gasteiger partial charge in [-0.3, -0.25) is 10.1 Å². The highest BCUT2D eigenvalue weighted by Crippen LogP contribution is 2.24. The summed E-state index contributed by atoms with van der Waals surface area (Å²) < 4.78 is 15.2. The third-order valence-electron chi connectivity index (χ3n) is 3.88. The first kappa shape index (κ1) is 18.8. The Balaban J connectivity index is 1.64. The number of methoxy groups -OCH3 is 1. The Morgan fingerprint density at radius 1 is 1.07 bits per heavy atom. The van der Waals surface area contributed by atoms with Crippen LogP contribution in [-0.4, -0.2) is 28.5 Å². The number of hydrogen-bond acceptors (Lipinski definition) is 6. The van der Waals surface area contributed by atoms with Crippen LogP contribution >= 0.6 is 11.5 Å². The van der Waals surface area contributed by atoms with Crippen molar-refractivity contribution in [1.29, 1.82) is 0 Å². The van der Waals surface area contributed by atoms with Crippen LogP contribution in [0.25, 0.3) is 11.4 Å². The molecule has 1 amide bonds. The van der Waals surface area contributed by atoms with Crippen molar-refractivity contribution in [2.75, 3.05) is 12.4 Å². The van der Waals surface area contributed by atoms with E-state index in [-0.39, 0.29) is 5.91 Å². The zero-order valence-electron chi connectivity index (χ0n) is 15.6. The van der Waals surface area contributed by atoms with E-state index >= 15 is 0 Å². The third kappa shape index (κ3) is 4.83. The van der Waals surface area contributed by atoms with Gasteiger partial charge in [0.15, 0.2) is 11.9 Å². The Kier molecular flexibility index (Phi) is 5.71. The van der Waals surface area contributed by atoms with E-state index < -0.39 is 6.10 Å². The number of anilines is 1. The maximum Gasteiger partial charge on any atom is 0.266 e. The summed E-state index contributed by atoms with van der Waals surface area (Å²) in [7, 11) is 1.62. The Morgan fingerprint density at radius 2 is 1.74 bits per heavy atom. The van der Waals surface area contributed by atoms with Gasteiger partial charge in [-0.1, -0.05) is 6.07 Å². The highest BCUT2D eigenvalue weighted by molar-refractivity contribution is 7.10. The van der Waals surface area contributed by atoms with Gasteiger partial charge in [0.2, 0.25) is 5.13 Å². The normalized spacial score (nSPS) is 11.7. The molecule has 0 spiro atoms. The number of benzene rings is 2. The summed E-state index contributed by atoms with van der Waals surface area (Å²) in [5.41, 5.74) is 3.03. The smallest absolute Gasteiger partial charge is 0.266 e.